The third-order valence-electron chi connectivity index (χ3n) is 3.22. The average Bonchev–Trinajstić information content (AvgIpc) is 2.39. The molecule has 2 heterocycles. The molecule has 0 bridgehead atoms. The lowest BCUT2D eigenvalue weighted by molar-refractivity contribution is -0.114. The van der Waals surface area contributed by atoms with E-state index in [0.717, 1.165) is 19.2 Å². The number of rotatable bonds is 2. The SMILES string of the molecule is O=C1N=CN=C2C=C(F)CC(OC3CCOCC3)=C12. The summed E-state index contributed by atoms with van der Waals surface area (Å²) >= 11 is 0. The van der Waals surface area contributed by atoms with Crippen molar-refractivity contribution in [2.24, 2.45) is 9.98 Å². The third kappa shape index (κ3) is 2.49. The third-order valence-corrected chi connectivity index (χ3v) is 3.22. The highest BCUT2D eigenvalue weighted by Gasteiger charge is 2.30. The highest BCUT2D eigenvalue weighted by atomic mass is 19.1. The Labute approximate surface area is 109 Å². The largest absolute Gasteiger partial charge is 0.493 e. The monoisotopic (exact) mass is 264 g/mol. The molecule has 1 saturated heterocycles. The number of aliphatic imine (C=N–C) groups is 2. The van der Waals surface area contributed by atoms with Gasteiger partial charge in [-0.05, 0) is 6.08 Å². The highest BCUT2D eigenvalue weighted by Crippen LogP contribution is 2.29. The van der Waals surface area contributed by atoms with Gasteiger partial charge in [0.25, 0.3) is 5.91 Å². The van der Waals surface area contributed by atoms with Crippen LogP contribution >= 0.6 is 0 Å². The number of fused-ring (bicyclic) bond motifs is 1. The van der Waals surface area contributed by atoms with Gasteiger partial charge < -0.3 is 9.47 Å². The first kappa shape index (κ1) is 12.2. The summed E-state index contributed by atoms with van der Waals surface area (Å²) in [7, 11) is 0. The van der Waals surface area contributed by atoms with Crippen LogP contribution in [0.3, 0.4) is 0 Å². The zero-order chi connectivity index (χ0) is 13.2. The molecule has 0 atom stereocenters. The molecule has 19 heavy (non-hydrogen) atoms. The van der Waals surface area contributed by atoms with Gasteiger partial charge in [0.1, 0.15) is 29.6 Å². The zero-order valence-corrected chi connectivity index (χ0v) is 10.3. The summed E-state index contributed by atoms with van der Waals surface area (Å²) in [6.45, 7) is 1.25. The van der Waals surface area contributed by atoms with Crippen molar-refractivity contribution in [3.05, 3.63) is 23.2 Å². The van der Waals surface area contributed by atoms with Crippen molar-refractivity contribution in [3.8, 4) is 0 Å². The number of halogens is 1. The van der Waals surface area contributed by atoms with Gasteiger partial charge in [-0.2, -0.15) is 4.99 Å². The molecular weight excluding hydrogens is 251 g/mol. The molecule has 3 aliphatic rings. The molecule has 0 radical (unpaired) electrons. The minimum atomic E-state index is -0.421. The minimum Gasteiger partial charge on any atom is -0.493 e. The van der Waals surface area contributed by atoms with Crippen molar-refractivity contribution >= 4 is 18.0 Å². The first-order valence-corrected chi connectivity index (χ1v) is 6.22. The molecule has 0 spiro atoms. The van der Waals surface area contributed by atoms with E-state index < -0.39 is 5.91 Å². The molecule has 1 aliphatic carbocycles. The lowest BCUT2D eigenvalue weighted by Gasteiger charge is -2.27. The van der Waals surface area contributed by atoms with E-state index in [9.17, 15) is 9.18 Å². The topological polar surface area (TPSA) is 60.2 Å². The first-order chi connectivity index (χ1) is 9.24. The molecule has 0 aromatic rings. The normalized spacial score (nSPS) is 23.9. The average molecular weight is 264 g/mol. The number of ether oxygens (including phenoxy) is 2. The summed E-state index contributed by atoms with van der Waals surface area (Å²) in [5, 5.41) is 0. The Morgan fingerprint density at radius 2 is 2.16 bits per heavy atom. The maximum atomic E-state index is 13.6. The number of hydrogen-bond donors (Lipinski definition) is 0. The summed E-state index contributed by atoms with van der Waals surface area (Å²) in [5.41, 5.74) is 0.584. The van der Waals surface area contributed by atoms with Crippen LogP contribution in [0, 0.1) is 0 Å². The van der Waals surface area contributed by atoms with Crippen molar-refractivity contribution in [2.75, 3.05) is 13.2 Å². The summed E-state index contributed by atoms with van der Waals surface area (Å²) in [6.07, 6.45) is 3.84. The molecule has 0 aromatic carbocycles. The summed E-state index contributed by atoms with van der Waals surface area (Å²) in [6, 6.07) is 0. The fourth-order valence-corrected chi connectivity index (χ4v) is 2.29. The van der Waals surface area contributed by atoms with E-state index in [2.05, 4.69) is 9.98 Å². The van der Waals surface area contributed by atoms with Gasteiger partial charge in [-0.3, -0.25) is 4.79 Å². The Morgan fingerprint density at radius 1 is 1.37 bits per heavy atom. The molecule has 0 unspecified atom stereocenters. The molecular formula is C13H13FN2O3. The van der Waals surface area contributed by atoms with Crippen LogP contribution in [-0.2, 0) is 14.3 Å². The van der Waals surface area contributed by atoms with Gasteiger partial charge in [0.15, 0.2) is 0 Å². The Bertz CT molecular complexity index is 528. The number of allylic oxidation sites excluding steroid dienone is 2. The van der Waals surface area contributed by atoms with Crippen molar-refractivity contribution in [2.45, 2.75) is 25.4 Å². The van der Waals surface area contributed by atoms with Crippen LogP contribution < -0.4 is 0 Å². The second kappa shape index (κ2) is 5.05. The predicted octanol–water partition coefficient (Wildman–Crippen LogP) is 1.70. The van der Waals surface area contributed by atoms with Gasteiger partial charge in [-0.25, -0.2) is 9.38 Å². The first-order valence-electron chi connectivity index (χ1n) is 6.22. The summed E-state index contributed by atoms with van der Waals surface area (Å²) < 4.78 is 24.6. The van der Waals surface area contributed by atoms with Crippen LogP contribution in [0.2, 0.25) is 0 Å². The molecule has 0 N–H and O–H groups in total. The fraction of sp³-hybridized carbons (Fsp3) is 0.462. The standard InChI is InChI=1S/C13H13FN2O3/c14-8-5-10-12(13(17)16-7-15-10)11(6-8)19-9-1-3-18-4-2-9/h5,7,9H,1-4,6H2. The lowest BCUT2D eigenvalue weighted by Crippen LogP contribution is -2.27. The van der Waals surface area contributed by atoms with E-state index in [0.29, 0.717) is 24.7 Å². The Kier molecular flexibility index (Phi) is 3.25. The van der Waals surface area contributed by atoms with Crippen LogP contribution in [0.1, 0.15) is 19.3 Å². The van der Waals surface area contributed by atoms with E-state index in [1.165, 1.54) is 6.08 Å². The van der Waals surface area contributed by atoms with E-state index in [1.807, 2.05) is 0 Å². The molecule has 1 fully saturated rings. The van der Waals surface area contributed by atoms with Crippen molar-refractivity contribution in [1.29, 1.82) is 0 Å². The number of carbonyl (C=O) groups is 1. The van der Waals surface area contributed by atoms with E-state index >= 15 is 0 Å². The molecule has 100 valence electrons. The number of hydrogen-bond acceptors (Lipinski definition) is 4. The Morgan fingerprint density at radius 3 is 2.95 bits per heavy atom. The second-order valence-electron chi connectivity index (χ2n) is 4.56. The van der Waals surface area contributed by atoms with Crippen LogP contribution in [0.4, 0.5) is 4.39 Å². The van der Waals surface area contributed by atoms with E-state index in [-0.39, 0.29) is 23.9 Å². The molecule has 0 saturated carbocycles. The van der Waals surface area contributed by atoms with E-state index in [4.69, 9.17) is 9.47 Å². The van der Waals surface area contributed by atoms with Gasteiger partial charge in [0, 0.05) is 12.8 Å². The molecule has 6 heteroatoms. The quantitative estimate of drug-likeness (QED) is 0.762. The Hall–Kier alpha value is -1.82. The van der Waals surface area contributed by atoms with Crippen LogP contribution in [0.15, 0.2) is 33.2 Å². The lowest BCUT2D eigenvalue weighted by atomic mass is 9.99. The van der Waals surface area contributed by atoms with Crippen molar-refractivity contribution in [1.82, 2.24) is 0 Å². The smallest absolute Gasteiger partial charge is 0.284 e. The van der Waals surface area contributed by atoms with Gasteiger partial charge >= 0.3 is 0 Å². The minimum absolute atomic E-state index is 0.00697. The zero-order valence-electron chi connectivity index (χ0n) is 10.3. The molecule has 2 aliphatic heterocycles. The maximum absolute atomic E-state index is 13.6. The maximum Gasteiger partial charge on any atom is 0.284 e. The number of nitrogens with zero attached hydrogens (tertiary/aromatic N) is 2. The van der Waals surface area contributed by atoms with Gasteiger partial charge in [-0.15, -0.1) is 0 Å². The molecule has 3 rings (SSSR count). The molecule has 1 amide bonds. The second-order valence-corrected chi connectivity index (χ2v) is 4.56. The highest BCUT2D eigenvalue weighted by molar-refractivity contribution is 6.31. The van der Waals surface area contributed by atoms with Crippen LogP contribution in [-0.4, -0.2) is 37.3 Å². The van der Waals surface area contributed by atoms with Crippen molar-refractivity contribution < 1.29 is 18.7 Å². The van der Waals surface area contributed by atoms with Gasteiger partial charge in [0.2, 0.25) is 0 Å². The van der Waals surface area contributed by atoms with Crippen LogP contribution in [0.5, 0.6) is 0 Å². The number of amides is 1. The number of carbonyl (C=O) groups excluding carboxylic acids is 1. The fourth-order valence-electron chi connectivity index (χ4n) is 2.29. The molecule has 5 nitrogen and oxygen atoms in total. The Balaban J connectivity index is 1.87. The van der Waals surface area contributed by atoms with E-state index in [1.54, 1.807) is 0 Å². The summed E-state index contributed by atoms with van der Waals surface area (Å²) in [4.78, 5) is 19.3. The summed E-state index contributed by atoms with van der Waals surface area (Å²) in [5.74, 6) is -0.434. The van der Waals surface area contributed by atoms with Crippen molar-refractivity contribution in [3.63, 3.8) is 0 Å². The van der Waals surface area contributed by atoms with Gasteiger partial charge in [-0.1, -0.05) is 0 Å². The van der Waals surface area contributed by atoms with Gasteiger partial charge in [0.05, 0.1) is 25.3 Å². The molecule has 0 aromatic heterocycles. The predicted molar refractivity (Wildman–Crippen MR) is 66.7 cm³/mol. The van der Waals surface area contributed by atoms with Crippen LogP contribution in [0.25, 0.3) is 0 Å².